The van der Waals surface area contributed by atoms with Gasteiger partial charge in [0.15, 0.2) is 0 Å². The monoisotopic (exact) mass is 307 g/mol. The highest BCUT2D eigenvalue weighted by atomic mass is 19.4. The summed E-state index contributed by atoms with van der Waals surface area (Å²) >= 11 is 0. The zero-order valence-corrected chi connectivity index (χ0v) is 13.0. The Hall–Kier alpha value is -0.290. The third-order valence-corrected chi connectivity index (χ3v) is 4.90. The molecule has 0 amide bonds. The summed E-state index contributed by atoms with van der Waals surface area (Å²) in [5.41, 5.74) is -0.222. The molecular weight excluding hydrogens is 279 g/mol. The fraction of sp³-hybridized carbons (Fsp3) is 1.00. The molecule has 0 aromatic carbocycles. The van der Waals surface area contributed by atoms with Crippen LogP contribution < -0.4 is 5.32 Å². The average Bonchev–Trinajstić information content (AvgIpc) is 3.26. The van der Waals surface area contributed by atoms with Crippen molar-refractivity contribution in [1.82, 2.24) is 5.32 Å². The molecule has 0 bridgehead atoms. The highest BCUT2D eigenvalue weighted by Crippen LogP contribution is 2.37. The smallest absolute Gasteiger partial charge is 0.374 e. The van der Waals surface area contributed by atoms with Crippen LogP contribution in [0.1, 0.15) is 64.7 Å². The molecule has 2 nitrogen and oxygen atoms in total. The standard InChI is InChI=1S/C16H28F3NO/c1-2-13-6-9-15(10-7-13,12-20-14-4-5-14)21-11-3-8-16(17,18)19/h13-14,20H,2-12H2,1H3. The van der Waals surface area contributed by atoms with Crippen LogP contribution >= 0.6 is 0 Å². The second-order valence-corrected chi connectivity index (χ2v) is 6.76. The number of ether oxygens (including phenoxy) is 1. The quantitative estimate of drug-likeness (QED) is 0.670. The van der Waals surface area contributed by atoms with Crippen LogP contribution in [0, 0.1) is 5.92 Å². The average molecular weight is 307 g/mol. The van der Waals surface area contributed by atoms with E-state index in [1.807, 2.05) is 0 Å². The first-order valence-corrected chi connectivity index (χ1v) is 8.36. The lowest BCUT2D eigenvalue weighted by Gasteiger charge is -2.40. The van der Waals surface area contributed by atoms with Gasteiger partial charge in [0.05, 0.1) is 5.60 Å². The van der Waals surface area contributed by atoms with Gasteiger partial charge >= 0.3 is 6.18 Å². The summed E-state index contributed by atoms with van der Waals surface area (Å²) in [6, 6.07) is 0.615. The number of rotatable bonds is 8. The van der Waals surface area contributed by atoms with Gasteiger partial charge in [-0.3, -0.25) is 0 Å². The van der Waals surface area contributed by atoms with E-state index in [2.05, 4.69) is 12.2 Å². The van der Waals surface area contributed by atoms with Gasteiger partial charge in [-0.1, -0.05) is 13.3 Å². The lowest BCUT2D eigenvalue weighted by atomic mass is 9.77. The minimum absolute atomic E-state index is 0.0753. The van der Waals surface area contributed by atoms with Crippen LogP contribution in [0.3, 0.4) is 0 Å². The third-order valence-electron chi connectivity index (χ3n) is 4.90. The van der Waals surface area contributed by atoms with Crippen molar-refractivity contribution in [3.8, 4) is 0 Å². The highest BCUT2D eigenvalue weighted by Gasteiger charge is 2.37. The van der Waals surface area contributed by atoms with Gasteiger partial charge in [-0.15, -0.1) is 0 Å². The van der Waals surface area contributed by atoms with Crippen molar-refractivity contribution in [3.63, 3.8) is 0 Å². The molecule has 2 fully saturated rings. The van der Waals surface area contributed by atoms with Gasteiger partial charge in [-0.2, -0.15) is 13.2 Å². The largest absolute Gasteiger partial charge is 0.389 e. The molecule has 2 aliphatic carbocycles. The molecular formula is C16H28F3NO. The van der Waals surface area contributed by atoms with E-state index >= 15 is 0 Å². The van der Waals surface area contributed by atoms with E-state index in [4.69, 9.17) is 4.74 Å². The minimum Gasteiger partial charge on any atom is -0.374 e. The van der Waals surface area contributed by atoms with Crippen LogP contribution in [0.5, 0.6) is 0 Å². The van der Waals surface area contributed by atoms with E-state index in [-0.39, 0.29) is 18.6 Å². The Balaban J connectivity index is 1.77. The maximum absolute atomic E-state index is 12.2. The number of nitrogens with one attached hydrogen (secondary N) is 1. The molecule has 21 heavy (non-hydrogen) atoms. The molecule has 0 heterocycles. The summed E-state index contributed by atoms with van der Waals surface area (Å²) in [6.07, 6.45) is 3.16. The van der Waals surface area contributed by atoms with E-state index < -0.39 is 12.6 Å². The molecule has 2 saturated carbocycles. The van der Waals surface area contributed by atoms with Crippen LogP contribution in [0.4, 0.5) is 13.2 Å². The third kappa shape index (κ3) is 6.15. The SMILES string of the molecule is CCC1CCC(CNC2CC2)(OCCCC(F)(F)F)CC1. The van der Waals surface area contributed by atoms with Gasteiger partial charge in [-0.05, 0) is 50.9 Å². The molecule has 5 heteroatoms. The maximum atomic E-state index is 12.2. The van der Waals surface area contributed by atoms with Crippen molar-refractivity contribution in [2.75, 3.05) is 13.2 Å². The van der Waals surface area contributed by atoms with E-state index in [9.17, 15) is 13.2 Å². The Bertz CT molecular complexity index is 307. The van der Waals surface area contributed by atoms with Crippen molar-refractivity contribution < 1.29 is 17.9 Å². The van der Waals surface area contributed by atoms with Gasteiger partial charge in [0.25, 0.3) is 0 Å². The first kappa shape index (κ1) is 17.1. The van der Waals surface area contributed by atoms with E-state index in [0.29, 0.717) is 6.04 Å². The molecule has 0 spiro atoms. The zero-order valence-electron chi connectivity index (χ0n) is 13.0. The summed E-state index contributed by atoms with van der Waals surface area (Å²) in [4.78, 5) is 0. The Morgan fingerprint density at radius 2 is 1.81 bits per heavy atom. The Kier molecular flexibility index (Phi) is 5.95. The normalized spacial score (nSPS) is 30.6. The fourth-order valence-corrected chi connectivity index (χ4v) is 3.16. The van der Waals surface area contributed by atoms with E-state index in [0.717, 1.165) is 38.1 Å². The summed E-state index contributed by atoms with van der Waals surface area (Å²) in [5.74, 6) is 0.762. The van der Waals surface area contributed by atoms with Gasteiger partial charge < -0.3 is 10.1 Å². The second kappa shape index (κ2) is 7.32. The molecule has 0 radical (unpaired) electrons. The molecule has 124 valence electrons. The molecule has 1 N–H and O–H groups in total. The van der Waals surface area contributed by atoms with E-state index in [1.165, 1.54) is 19.3 Å². The first-order valence-electron chi connectivity index (χ1n) is 8.36. The van der Waals surface area contributed by atoms with Gasteiger partial charge in [0, 0.05) is 25.6 Å². The van der Waals surface area contributed by atoms with Crippen LogP contribution in [-0.2, 0) is 4.74 Å². The minimum atomic E-state index is -4.07. The fourth-order valence-electron chi connectivity index (χ4n) is 3.16. The van der Waals surface area contributed by atoms with Crippen LogP contribution in [0.2, 0.25) is 0 Å². The van der Waals surface area contributed by atoms with Gasteiger partial charge in [0.2, 0.25) is 0 Å². The van der Waals surface area contributed by atoms with Crippen molar-refractivity contribution in [2.24, 2.45) is 5.92 Å². The Labute approximate surface area is 125 Å². The van der Waals surface area contributed by atoms with Crippen molar-refractivity contribution in [2.45, 2.75) is 82.5 Å². The topological polar surface area (TPSA) is 21.3 Å². The summed E-state index contributed by atoms with van der Waals surface area (Å²) in [5, 5.41) is 3.51. The lowest BCUT2D eigenvalue weighted by Crippen LogP contribution is -2.46. The van der Waals surface area contributed by atoms with Gasteiger partial charge in [-0.25, -0.2) is 0 Å². The van der Waals surface area contributed by atoms with Crippen LogP contribution in [0.15, 0.2) is 0 Å². The second-order valence-electron chi connectivity index (χ2n) is 6.76. The first-order chi connectivity index (χ1) is 9.92. The predicted molar refractivity (Wildman–Crippen MR) is 77.2 cm³/mol. The van der Waals surface area contributed by atoms with Crippen molar-refractivity contribution in [3.05, 3.63) is 0 Å². The van der Waals surface area contributed by atoms with Crippen molar-refractivity contribution in [1.29, 1.82) is 0 Å². The lowest BCUT2D eigenvalue weighted by molar-refractivity contribution is -0.144. The molecule has 0 aromatic rings. The van der Waals surface area contributed by atoms with Crippen LogP contribution in [0.25, 0.3) is 0 Å². The molecule has 0 aliphatic heterocycles. The molecule has 2 aliphatic rings. The molecule has 2 rings (SSSR count). The molecule has 0 saturated heterocycles. The highest BCUT2D eigenvalue weighted by molar-refractivity contribution is 4.92. The summed E-state index contributed by atoms with van der Waals surface area (Å²) in [7, 11) is 0. The number of hydrogen-bond acceptors (Lipinski definition) is 2. The zero-order chi connectivity index (χ0) is 15.3. The van der Waals surface area contributed by atoms with E-state index in [1.54, 1.807) is 0 Å². The number of hydrogen-bond donors (Lipinski definition) is 1. The molecule has 0 aromatic heterocycles. The molecule has 0 unspecified atom stereocenters. The molecule has 0 atom stereocenters. The predicted octanol–water partition coefficient (Wildman–Crippen LogP) is 4.44. The van der Waals surface area contributed by atoms with Crippen LogP contribution in [-0.4, -0.2) is 31.0 Å². The van der Waals surface area contributed by atoms with Gasteiger partial charge in [0.1, 0.15) is 0 Å². The number of alkyl halides is 3. The van der Waals surface area contributed by atoms with Crippen molar-refractivity contribution >= 4 is 0 Å². The number of halogens is 3. The summed E-state index contributed by atoms with van der Waals surface area (Å²) in [6.45, 7) is 3.24. The Morgan fingerprint density at radius 3 is 2.33 bits per heavy atom. The maximum Gasteiger partial charge on any atom is 0.389 e. The summed E-state index contributed by atoms with van der Waals surface area (Å²) < 4.78 is 42.6. The Morgan fingerprint density at radius 1 is 1.14 bits per heavy atom.